The van der Waals surface area contributed by atoms with E-state index in [4.69, 9.17) is 16.3 Å². The molecule has 3 aromatic carbocycles. The topological polar surface area (TPSA) is 38.3 Å². The number of anilines is 1. The van der Waals surface area contributed by atoms with E-state index in [1.807, 2.05) is 12.1 Å². The van der Waals surface area contributed by atoms with Crippen molar-refractivity contribution in [2.24, 2.45) is 0 Å². The predicted molar refractivity (Wildman–Crippen MR) is 107 cm³/mol. The quantitative estimate of drug-likeness (QED) is 0.650. The number of nitrogens with one attached hydrogen (secondary N) is 1. The summed E-state index contributed by atoms with van der Waals surface area (Å²) in [6.45, 7) is 0.0421. The third-order valence-corrected chi connectivity index (χ3v) is 4.96. The molecular formula is C21H14BClF3NO2. The lowest BCUT2D eigenvalue weighted by atomic mass is 9.56. The Hall–Kier alpha value is -2.77. The number of hydrogen-bond acceptors (Lipinski definition) is 2. The summed E-state index contributed by atoms with van der Waals surface area (Å²) in [5, 5.41) is 3.14. The van der Waals surface area contributed by atoms with E-state index in [2.05, 4.69) is 5.32 Å². The minimum Gasteiger partial charge on any atom is -0.423 e. The molecule has 1 N–H and O–H groups in total. The van der Waals surface area contributed by atoms with Crippen molar-refractivity contribution in [2.75, 3.05) is 5.32 Å². The minimum absolute atomic E-state index is 0.358. The molecule has 0 spiro atoms. The van der Waals surface area contributed by atoms with Gasteiger partial charge in [0.1, 0.15) is 0 Å². The zero-order valence-corrected chi connectivity index (χ0v) is 15.7. The van der Waals surface area contributed by atoms with Gasteiger partial charge >= 0.3 is 13.1 Å². The zero-order valence-electron chi connectivity index (χ0n) is 15.0. The number of rotatable bonds is 3. The molecule has 8 heteroatoms. The van der Waals surface area contributed by atoms with E-state index in [0.717, 1.165) is 28.6 Å². The van der Waals surface area contributed by atoms with Crippen molar-refractivity contribution in [1.82, 2.24) is 0 Å². The Kier molecular flexibility index (Phi) is 5.11. The van der Waals surface area contributed by atoms with Crippen molar-refractivity contribution in [3.8, 4) is 0 Å². The number of benzene rings is 3. The number of amides is 1. The maximum atomic E-state index is 13.2. The molecule has 0 unspecified atom stereocenters. The first-order valence-electron chi connectivity index (χ1n) is 8.80. The van der Waals surface area contributed by atoms with E-state index in [1.165, 1.54) is 12.1 Å². The normalized spacial score (nSPS) is 13.3. The first kappa shape index (κ1) is 19.5. The van der Waals surface area contributed by atoms with Crippen LogP contribution < -0.4 is 16.2 Å². The number of carbonyl (C=O) groups is 1. The van der Waals surface area contributed by atoms with E-state index in [9.17, 15) is 18.0 Å². The Balaban J connectivity index is 1.62. The highest BCUT2D eigenvalue weighted by Gasteiger charge is 2.35. The molecule has 0 saturated heterocycles. The average Bonchev–Trinajstić information content (AvgIpc) is 3.10. The third-order valence-electron chi connectivity index (χ3n) is 4.72. The fraction of sp³-hybridized carbons (Fsp3) is 0.0952. The second kappa shape index (κ2) is 7.57. The molecule has 4 rings (SSSR count). The smallest absolute Gasteiger partial charge is 0.417 e. The van der Waals surface area contributed by atoms with Gasteiger partial charge in [0, 0.05) is 10.7 Å². The fourth-order valence-corrected chi connectivity index (χ4v) is 3.58. The van der Waals surface area contributed by atoms with Crippen LogP contribution in [0.25, 0.3) is 0 Å². The molecule has 0 aromatic heterocycles. The van der Waals surface area contributed by atoms with Crippen LogP contribution in [0.5, 0.6) is 0 Å². The van der Waals surface area contributed by atoms with Gasteiger partial charge in [-0.15, -0.1) is 0 Å². The van der Waals surface area contributed by atoms with Gasteiger partial charge in [0.05, 0.1) is 17.7 Å². The minimum atomic E-state index is -4.61. The molecule has 1 heterocycles. The van der Waals surface area contributed by atoms with Crippen LogP contribution in [0.15, 0.2) is 66.7 Å². The largest absolute Gasteiger partial charge is 0.423 e. The van der Waals surface area contributed by atoms with Crippen molar-refractivity contribution >= 4 is 41.0 Å². The van der Waals surface area contributed by atoms with E-state index in [1.54, 1.807) is 30.3 Å². The summed E-state index contributed by atoms with van der Waals surface area (Å²) in [7, 11) is 0. The molecular weight excluding hydrogens is 401 g/mol. The van der Waals surface area contributed by atoms with Gasteiger partial charge in [0.2, 0.25) is 0 Å². The number of hydrogen-bond donors (Lipinski definition) is 1. The highest BCUT2D eigenvalue weighted by atomic mass is 35.5. The van der Waals surface area contributed by atoms with E-state index in [-0.39, 0.29) is 6.92 Å². The average molecular weight is 416 g/mol. The number of carbonyl (C=O) groups excluding carboxylic acids is 1. The molecule has 1 aliphatic heterocycles. The summed E-state index contributed by atoms with van der Waals surface area (Å²) in [6, 6.07) is 17.1. The molecule has 0 atom stereocenters. The summed E-state index contributed by atoms with van der Waals surface area (Å²) in [5.74, 6) is -0.823. The van der Waals surface area contributed by atoms with Crippen LogP contribution in [0.2, 0.25) is 5.02 Å². The Bertz CT molecular complexity index is 1090. The van der Waals surface area contributed by atoms with Crippen molar-refractivity contribution in [2.45, 2.75) is 12.8 Å². The summed E-state index contributed by atoms with van der Waals surface area (Å²) >= 11 is 6.07. The van der Waals surface area contributed by atoms with Crippen LogP contribution in [0.1, 0.15) is 21.5 Å². The summed E-state index contributed by atoms with van der Waals surface area (Å²) in [6.07, 6.45) is -4.61. The summed E-state index contributed by atoms with van der Waals surface area (Å²) < 4.78 is 45.4. The van der Waals surface area contributed by atoms with Gasteiger partial charge in [0.15, 0.2) is 0 Å². The fourth-order valence-electron chi connectivity index (χ4n) is 3.38. The molecule has 0 fully saturated rings. The maximum absolute atomic E-state index is 13.2. The Morgan fingerprint density at radius 2 is 1.83 bits per heavy atom. The van der Waals surface area contributed by atoms with Gasteiger partial charge in [-0.2, -0.15) is 13.2 Å². The van der Waals surface area contributed by atoms with E-state index >= 15 is 0 Å². The summed E-state index contributed by atoms with van der Waals surface area (Å²) in [4.78, 5) is 12.5. The molecule has 0 aliphatic carbocycles. The molecule has 0 saturated carbocycles. The van der Waals surface area contributed by atoms with Crippen LogP contribution in [0.3, 0.4) is 0 Å². The van der Waals surface area contributed by atoms with Crippen molar-refractivity contribution in [1.29, 1.82) is 0 Å². The van der Waals surface area contributed by atoms with Gasteiger partial charge < -0.3 is 9.97 Å². The number of alkyl halides is 3. The van der Waals surface area contributed by atoms with Crippen LogP contribution in [0.4, 0.5) is 18.9 Å². The van der Waals surface area contributed by atoms with Crippen LogP contribution in [0, 0.1) is 0 Å². The summed E-state index contributed by atoms with van der Waals surface area (Å²) in [5.41, 5.74) is 1.64. The molecule has 0 bridgehead atoms. The highest BCUT2D eigenvalue weighted by Crippen LogP contribution is 2.32. The Morgan fingerprint density at radius 3 is 2.59 bits per heavy atom. The molecule has 1 aliphatic rings. The first-order valence-corrected chi connectivity index (χ1v) is 9.18. The highest BCUT2D eigenvalue weighted by molar-refractivity contribution is 6.81. The monoisotopic (exact) mass is 415 g/mol. The maximum Gasteiger partial charge on any atom is 0.417 e. The molecule has 1 amide bonds. The van der Waals surface area contributed by atoms with Crippen molar-refractivity contribution in [3.05, 3.63) is 88.4 Å². The van der Waals surface area contributed by atoms with Gasteiger partial charge in [-0.05, 0) is 52.9 Å². The SMILES string of the molecule is O=C(Nc1ccc2c(c1)B(c1cccc(Cl)c1)OC2)c1ccccc1C(F)(F)F. The molecule has 146 valence electrons. The number of fused-ring (bicyclic) bond motifs is 1. The van der Waals surface area contributed by atoms with Crippen LogP contribution in [-0.4, -0.2) is 12.8 Å². The molecule has 3 nitrogen and oxygen atoms in total. The second-order valence-electron chi connectivity index (χ2n) is 6.66. The van der Waals surface area contributed by atoms with Crippen LogP contribution >= 0.6 is 11.6 Å². The second-order valence-corrected chi connectivity index (χ2v) is 7.09. The lowest BCUT2D eigenvalue weighted by Crippen LogP contribution is -2.41. The molecule has 3 aromatic rings. The van der Waals surface area contributed by atoms with E-state index in [0.29, 0.717) is 17.3 Å². The molecule has 29 heavy (non-hydrogen) atoms. The number of halogens is 4. The lowest BCUT2D eigenvalue weighted by molar-refractivity contribution is -0.137. The molecule has 0 radical (unpaired) electrons. The zero-order chi connectivity index (χ0) is 20.6. The first-order chi connectivity index (χ1) is 13.8. The third kappa shape index (κ3) is 4.02. The van der Waals surface area contributed by atoms with Gasteiger partial charge in [-0.1, -0.05) is 41.9 Å². The lowest BCUT2D eigenvalue weighted by Gasteiger charge is -2.13. The Labute approximate surface area is 170 Å². The van der Waals surface area contributed by atoms with Gasteiger partial charge in [-0.25, -0.2) is 0 Å². The van der Waals surface area contributed by atoms with Crippen molar-refractivity contribution < 1.29 is 22.6 Å². The predicted octanol–water partition coefficient (Wildman–Crippen LogP) is 4.25. The van der Waals surface area contributed by atoms with E-state index < -0.39 is 23.2 Å². The van der Waals surface area contributed by atoms with Gasteiger partial charge in [-0.3, -0.25) is 4.79 Å². The van der Waals surface area contributed by atoms with Gasteiger partial charge in [0.25, 0.3) is 5.91 Å². The standard InChI is InChI=1S/C21H14BClF3NO2/c23-15-5-3-4-14(10-15)22-19-11-16(9-8-13(19)12-29-22)27-20(28)17-6-1-2-7-18(17)21(24,25)26/h1-11H,12H2,(H,27,28). The Morgan fingerprint density at radius 1 is 1.03 bits per heavy atom. The van der Waals surface area contributed by atoms with Crippen LogP contribution in [-0.2, 0) is 17.4 Å². The van der Waals surface area contributed by atoms with Crippen molar-refractivity contribution in [3.63, 3.8) is 0 Å².